The van der Waals surface area contributed by atoms with Crippen LogP contribution in [0.4, 0.5) is 0 Å². The summed E-state index contributed by atoms with van der Waals surface area (Å²) < 4.78 is 5.73. The number of aliphatic hydroxyl groups excluding tert-OH is 1. The Morgan fingerprint density at radius 3 is 2.95 bits per heavy atom. The Kier molecular flexibility index (Phi) is 3.90. The second-order valence-corrected chi connectivity index (χ2v) is 6.21. The van der Waals surface area contributed by atoms with Crippen LogP contribution in [0.3, 0.4) is 0 Å². The summed E-state index contributed by atoms with van der Waals surface area (Å²) in [6.45, 7) is 2.06. The molecule has 2 aromatic heterocycles. The zero-order valence-electron chi connectivity index (χ0n) is 11.5. The van der Waals surface area contributed by atoms with Crippen LogP contribution in [0, 0.1) is 6.92 Å². The highest BCUT2D eigenvalue weighted by molar-refractivity contribution is 7.09. The van der Waals surface area contributed by atoms with Crippen molar-refractivity contribution < 1.29 is 9.52 Å². The van der Waals surface area contributed by atoms with Crippen LogP contribution < -0.4 is 0 Å². The van der Waals surface area contributed by atoms with Gasteiger partial charge in [0, 0.05) is 10.3 Å². The monoisotopic (exact) mass is 286 g/mol. The number of hydrogen-bond acceptors (Lipinski definition) is 3. The normalized spacial score (nSPS) is 12.9. The van der Waals surface area contributed by atoms with Crippen LogP contribution >= 0.6 is 11.3 Å². The number of furan rings is 1. The summed E-state index contributed by atoms with van der Waals surface area (Å²) in [6, 6.07) is 12.2. The average molecular weight is 286 g/mol. The number of hydrogen-bond donors (Lipinski definition) is 1. The van der Waals surface area contributed by atoms with Crippen LogP contribution in [0.2, 0.25) is 0 Å². The Balaban J connectivity index is 1.64. The molecule has 2 heterocycles. The van der Waals surface area contributed by atoms with Crippen LogP contribution in [-0.2, 0) is 6.42 Å². The predicted octanol–water partition coefficient (Wildman–Crippen LogP) is 4.86. The average Bonchev–Trinajstić information content (AvgIpc) is 3.06. The molecule has 0 saturated heterocycles. The zero-order valence-corrected chi connectivity index (χ0v) is 12.3. The maximum Gasteiger partial charge on any atom is 0.134 e. The van der Waals surface area contributed by atoms with Gasteiger partial charge >= 0.3 is 0 Å². The standard InChI is InChI=1S/C17H18O2S/c1-12-7-8-16-13(10-12)11-17(19-16)15(18)6-2-4-14-5-3-9-20-14/h3,5,7-11,15,18H,2,4,6H2,1H3. The molecule has 0 aliphatic heterocycles. The molecule has 1 unspecified atom stereocenters. The second kappa shape index (κ2) is 5.81. The van der Waals surface area contributed by atoms with E-state index in [9.17, 15) is 5.11 Å². The summed E-state index contributed by atoms with van der Waals surface area (Å²) in [5.74, 6) is 0.678. The molecule has 0 spiro atoms. The van der Waals surface area contributed by atoms with Gasteiger partial charge in [0.1, 0.15) is 17.4 Å². The van der Waals surface area contributed by atoms with E-state index in [1.54, 1.807) is 11.3 Å². The molecule has 0 radical (unpaired) electrons. The van der Waals surface area contributed by atoms with Gasteiger partial charge in [0.15, 0.2) is 0 Å². The Labute approximate surface area is 122 Å². The Morgan fingerprint density at radius 1 is 1.25 bits per heavy atom. The summed E-state index contributed by atoms with van der Waals surface area (Å²) >= 11 is 1.77. The van der Waals surface area contributed by atoms with E-state index < -0.39 is 6.10 Å². The minimum absolute atomic E-state index is 0.511. The van der Waals surface area contributed by atoms with Gasteiger partial charge in [0.25, 0.3) is 0 Å². The van der Waals surface area contributed by atoms with E-state index in [0.717, 1.165) is 30.2 Å². The molecule has 1 N–H and O–H groups in total. The van der Waals surface area contributed by atoms with Crippen molar-refractivity contribution in [1.82, 2.24) is 0 Å². The third kappa shape index (κ3) is 2.94. The van der Waals surface area contributed by atoms with E-state index in [-0.39, 0.29) is 0 Å². The van der Waals surface area contributed by atoms with Gasteiger partial charge in [0.2, 0.25) is 0 Å². The van der Waals surface area contributed by atoms with Gasteiger partial charge in [-0.3, -0.25) is 0 Å². The first kappa shape index (κ1) is 13.4. The van der Waals surface area contributed by atoms with Crippen molar-refractivity contribution in [2.45, 2.75) is 32.3 Å². The van der Waals surface area contributed by atoms with Crippen LogP contribution in [0.15, 0.2) is 46.2 Å². The van der Waals surface area contributed by atoms with Crippen LogP contribution in [-0.4, -0.2) is 5.11 Å². The van der Waals surface area contributed by atoms with Gasteiger partial charge in [-0.15, -0.1) is 11.3 Å². The maximum absolute atomic E-state index is 10.2. The van der Waals surface area contributed by atoms with Gasteiger partial charge in [-0.1, -0.05) is 17.7 Å². The summed E-state index contributed by atoms with van der Waals surface area (Å²) in [5, 5.41) is 13.4. The lowest BCUT2D eigenvalue weighted by Gasteiger charge is -2.06. The van der Waals surface area contributed by atoms with E-state index in [1.165, 1.54) is 10.4 Å². The lowest BCUT2D eigenvalue weighted by molar-refractivity contribution is 0.140. The van der Waals surface area contributed by atoms with Crippen molar-refractivity contribution in [2.24, 2.45) is 0 Å². The molecule has 0 aliphatic carbocycles. The molecule has 3 rings (SSSR count). The Bertz CT molecular complexity index is 682. The number of aryl methyl sites for hydroxylation is 2. The SMILES string of the molecule is Cc1ccc2oc(C(O)CCCc3cccs3)cc2c1. The quantitative estimate of drug-likeness (QED) is 0.726. The first-order valence-electron chi connectivity index (χ1n) is 6.93. The van der Waals surface area contributed by atoms with E-state index in [4.69, 9.17) is 4.42 Å². The first-order valence-corrected chi connectivity index (χ1v) is 7.81. The third-order valence-electron chi connectivity index (χ3n) is 3.50. The van der Waals surface area contributed by atoms with E-state index in [2.05, 4.69) is 30.5 Å². The zero-order chi connectivity index (χ0) is 13.9. The molecule has 0 aliphatic rings. The molecule has 3 aromatic rings. The fourth-order valence-corrected chi connectivity index (χ4v) is 3.17. The van der Waals surface area contributed by atoms with Gasteiger partial charge in [-0.05, 0) is 55.8 Å². The molecule has 1 aromatic carbocycles. The maximum atomic E-state index is 10.2. The molecule has 3 heteroatoms. The molecule has 20 heavy (non-hydrogen) atoms. The van der Waals surface area contributed by atoms with Gasteiger partial charge in [-0.2, -0.15) is 0 Å². The lowest BCUT2D eigenvalue weighted by Crippen LogP contribution is -1.96. The molecular formula is C17H18O2S. The topological polar surface area (TPSA) is 33.4 Å². The summed E-state index contributed by atoms with van der Waals surface area (Å²) in [4.78, 5) is 1.37. The van der Waals surface area contributed by atoms with Crippen molar-refractivity contribution >= 4 is 22.3 Å². The molecule has 1 atom stereocenters. The molecular weight excluding hydrogens is 268 g/mol. The summed E-state index contributed by atoms with van der Waals surface area (Å²) in [6.07, 6.45) is 2.21. The molecule has 0 bridgehead atoms. The lowest BCUT2D eigenvalue weighted by atomic mass is 10.1. The van der Waals surface area contributed by atoms with Crippen LogP contribution in [0.5, 0.6) is 0 Å². The largest absolute Gasteiger partial charge is 0.458 e. The Morgan fingerprint density at radius 2 is 2.15 bits per heavy atom. The van der Waals surface area contributed by atoms with E-state index in [0.29, 0.717) is 5.76 Å². The smallest absolute Gasteiger partial charge is 0.134 e. The molecule has 0 saturated carbocycles. The fraction of sp³-hybridized carbons (Fsp3) is 0.294. The number of benzene rings is 1. The van der Waals surface area contributed by atoms with Crippen molar-refractivity contribution in [1.29, 1.82) is 0 Å². The second-order valence-electron chi connectivity index (χ2n) is 5.18. The van der Waals surface area contributed by atoms with Crippen molar-refractivity contribution in [3.05, 3.63) is 58.0 Å². The van der Waals surface area contributed by atoms with Crippen molar-refractivity contribution in [2.75, 3.05) is 0 Å². The Hall–Kier alpha value is -1.58. The number of aliphatic hydroxyl groups is 1. The van der Waals surface area contributed by atoms with Gasteiger partial charge < -0.3 is 9.52 Å². The first-order chi connectivity index (χ1) is 9.72. The number of rotatable bonds is 5. The molecule has 104 valence electrons. The highest BCUT2D eigenvalue weighted by Gasteiger charge is 2.13. The van der Waals surface area contributed by atoms with Gasteiger partial charge in [-0.25, -0.2) is 0 Å². The predicted molar refractivity (Wildman–Crippen MR) is 83.2 cm³/mol. The third-order valence-corrected chi connectivity index (χ3v) is 4.44. The highest BCUT2D eigenvalue weighted by Crippen LogP contribution is 2.27. The van der Waals surface area contributed by atoms with Gasteiger partial charge in [0.05, 0.1) is 0 Å². The molecule has 2 nitrogen and oxygen atoms in total. The number of thiophene rings is 1. The van der Waals surface area contributed by atoms with E-state index in [1.807, 2.05) is 18.2 Å². The van der Waals surface area contributed by atoms with Crippen molar-refractivity contribution in [3.63, 3.8) is 0 Å². The molecule has 0 fully saturated rings. The number of fused-ring (bicyclic) bond motifs is 1. The summed E-state index contributed by atoms with van der Waals surface area (Å²) in [5.41, 5.74) is 2.06. The van der Waals surface area contributed by atoms with Crippen LogP contribution in [0.25, 0.3) is 11.0 Å². The molecule has 0 amide bonds. The highest BCUT2D eigenvalue weighted by atomic mass is 32.1. The van der Waals surface area contributed by atoms with E-state index >= 15 is 0 Å². The van der Waals surface area contributed by atoms with Crippen molar-refractivity contribution in [3.8, 4) is 0 Å². The minimum Gasteiger partial charge on any atom is -0.458 e. The fourth-order valence-electron chi connectivity index (χ4n) is 2.41. The van der Waals surface area contributed by atoms with Crippen LogP contribution in [0.1, 0.15) is 35.1 Å². The summed E-state index contributed by atoms with van der Waals surface area (Å²) in [7, 11) is 0. The minimum atomic E-state index is -0.511.